The molecule has 176 valence electrons. The van der Waals surface area contributed by atoms with Crippen LogP contribution in [0.5, 0.6) is 0 Å². The Kier molecular flexibility index (Phi) is 5.59. The number of nitrogens with one attached hydrogen (secondary N) is 1. The van der Waals surface area contributed by atoms with Crippen molar-refractivity contribution < 1.29 is 13.6 Å². The largest absolute Gasteiger partial charge is 0.467 e. The molecule has 8 nitrogen and oxygen atoms in total. The fourth-order valence-electron chi connectivity index (χ4n) is 4.19. The summed E-state index contributed by atoms with van der Waals surface area (Å²) in [7, 11) is 0. The van der Waals surface area contributed by atoms with Gasteiger partial charge in [0.25, 0.3) is 5.91 Å². The molecule has 1 unspecified atom stereocenters. The number of nitrogens with zero attached hydrogens (tertiary/aromatic N) is 4. The van der Waals surface area contributed by atoms with Crippen molar-refractivity contribution in [3.8, 4) is 11.3 Å². The molecule has 6 aromatic rings. The summed E-state index contributed by atoms with van der Waals surface area (Å²) >= 11 is 0. The molecule has 6 rings (SSSR count). The first-order valence-corrected chi connectivity index (χ1v) is 11.4. The van der Waals surface area contributed by atoms with E-state index in [1.807, 2.05) is 60.7 Å². The Hall–Kier alpha value is -4.98. The van der Waals surface area contributed by atoms with Crippen LogP contribution in [0.1, 0.15) is 33.5 Å². The number of aromatic nitrogens is 4. The summed E-state index contributed by atoms with van der Waals surface area (Å²) < 4.78 is 12.9. The second-order valence-electron chi connectivity index (χ2n) is 8.25. The Balaban J connectivity index is 1.44. The average molecular weight is 476 g/mol. The summed E-state index contributed by atoms with van der Waals surface area (Å²) in [6, 6.07) is 22.1. The van der Waals surface area contributed by atoms with Crippen LogP contribution in [0.2, 0.25) is 0 Å². The predicted octanol–water partition coefficient (Wildman–Crippen LogP) is 5.25. The third-order valence-electron chi connectivity index (χ3n) is 5.93. The molecule has 5 aromatic heterocycles. The lowest BCUT2D eigenvalue weighted by Gasteiger charge is -2.18. The molecule has 0 aliphatic heterocycles. The van der Waals surface area contributed by atoms with Crippen molar-refractivity contribution in [2.75, 3.05) is 0 Å². The van der Waals surface area contributed by atoms with Gasteiger partial charge >= 0.3 is 0 Å². The Labute approximate surface area is 206 Å². The molecule has 0 saturated carbocycles. The Morgan fingerprint density at radius 1 is 0.944 bits per heavy atom. The maximum atomic E-state index is 13.8. The Bertz CT molecular complexity index is 1590. The van der Waals surface area contributed by atoms with Gasteiger partial charge < -0.3 is 14.2 Å². The SMILES string of the molecule is O=C(NC(c1ccccc1)c1ccco1)c1cc(-c2cccnc2)nc2c1cnn2Cc1ccco1. The predicted molar refractivity (Wildman–Crippen MR) is 133 cm³/mol. The van der Waals surface area contributed by atoms with Gasteiger partial charge in [-0.15, -0.1) is 0 Å². The van der Waals surface area contributed by atoms with Crippen molar-refractivity contribution >= 4 is 16.9 Å². The maximum absolute atomic E-state index is 13.8. The lowest BCUT2D eigenvalue weighted by Crippen LogP contribution is -2.29. The Morgan fingerprint density at radius 3 is 2.56 bits per heavy atom. The van der Waals surface area contributed by atoms with Crippen LogP contribution in [-0.4, -0.2) is 25.7 Å². The molecule has 0 saturated heterocycles. The van der Waals surface area contributed by atoms with Gasteiger partial charge in [-0.1, -0.05) is 30.3 Å². The number of carbonyl (C=O) groups is 1. The normalized spacial score (nSPS) is 12.0. The highest BCUT2D eigenvalue weighted by Gasteiger charge is 2.23. The average Bonchev–Trinajstić information content (AvgIpc) is 3.71. The van der Waals surface area contributed by atoms with Gasteiger partial charge in [0.2, 0.25) is 0 Å². The van der Waals surface area contributed by atoms with Crippen molar-refractivity contribution in [2.45, 2.75) is 12.6 Å². The van der Waals surface area contributed by atoms with Gasteiger partial charge in [0.1, 0.15) is 24.1 Å². The third-order valence-corrected chi connectivity index (χ3v) is 5.93. The summed E-state index contributed by atoms with van der Waals surface area (Å²) in [5.74, 6) is 1.11. The number of furan rings is 2. The highest BCUT2D eigenvalue weighted by molar-refractivity contribution is 6.06. The molecule has 36 heavy (non-hydrogen) atoms. The van der Waals surface area contributed by atoms with E-state index in [4.69, 9.17) is 13.8 Å². The zero-order valence-electron chi connectivity index (χ0n) is 19.1. The van der Waals surface area contributed by atoms with Crippen LogP contribution < -0.4 is 5.32 Å². The first-order valence-electron chi connectivity index (χ1n) is 11.4. The van der Waals surface area contributed by atoms with Gasteiger partial charge in [0.05, 0.1) is 35.4 Å². The molecule has 1 N–H and O–H groups in total. The van der Waals surface area contributed by atoms with Crippen molar-refractivity contribution in [2.24, 2.45) is 0 Å². The quantitative estimate of drug-likeness (QED) is 0.339. The molecule has 0 fully saturated rings. The van der Waals surface area contributed by atoms with Crippen molar-refractivity contribution in [3.05, 3.63) is 127 Å². The van der Waals surface area contributed by atoms with E-state index in [-0.39, 0.29) is 5.91 Å². The van der Waals surface area contributed by atoms with Crippen LogP contribution in [-0.2, 0) is 6.54 Å². The van der Waals surface area contributed by atoms with E-state index >= 15 is 0 Å². The van der Waals surface area contributed by atoms with Gasteiger partial charge in [0, 0.05) is 18.0 Å². The summed E-state index contributed by atoms with van der Waals surface area (Å²) in [5, 5.41) is 8.30. The van der Waals surface area contributed by atoms with Crippen LogP contribution in [0.25, 0.3) is 22.3 Å². The van der Waals surface area contributed by atoms with Gasteiger partial charge in [-0.25, -0.2) is 9.67 Å². The molecule has 0 spiro atoms. The van der Waals surface area contributed by atoms with E-state index < -0.39 is 6.04 Å². The Morgan fingerprint density at radius 2 is 1.81 bits per heavy atom. The second-order valence-corrected chi connectivity index (χ2v) is 8.25. The lowest BCUT2D eigenvalue weighted by atomic mass is 10.0. The molecule has 5 heterocycles. The fourth-order valence-corrected chi connectivity index (χ4v) is 4.19. The van der Waals surface area contributed by atoms with Crippen LogP contribution in [0.3, 0.4) is 0 Å². The summed E-state index contributed by atoms with van der Waals surface area (Å²) in [6.07, 6.45) is 8.30. The van der Waals surface area contributed by atoms with Gasteiger partial charge in [-0.2, -0.15) is 5.10 Å². The molecule has 0 bridgehead atoms. The monoisotopic (exact) mass is 475 g/mol. The van der Waals surface area contributed by atoms with E-state index in [0.29, 0.717) is 34.6 Å². The van der Waals surface area contributed by atoms with Gasteiger partial charge in [0.15, 0.2) is 5.65 Å². The first kappa shape index (κ1) is 21.5. The number of amides is 1. The number of rotatable bonds is 7. The third kappa shape index (κ3) is 4.16. The minimum atomic E-state index is -0.461. The van der Waals surface area contributed by atoms with Crippen molar-refractivity contribution in [3.63, 3.8) is 0 Å². The molecule has 1 amide bonds. The number of hydrogen-bond donors (Lipinski definition) is 1. The molecular formula is C28H21N5O3. The molecule has 1 aromatic carbocycles. The minimum Gasteiger partial charge on any atom is -0.467 e. The smallest absolute Gasteiger partial charge is 0.253 e. The van der Waals surface area contributed by atoms with Crippen LogP contribution >= 0.6 is 0 Å². The van der Waals surface area contributed by atoms with Gasteiger partial charge in [-0.05, 0) is 48.0 Å². The van der Waals surface area contributed by atoms with Gasteiger partial charge in [-0.3, -0.25) is 9.78 Å². The highest BCUT2D eigenvalue weighted by Crippen LogP contribution is 2.27. The molecule has 0 aliphatic carbocycles. The van der Waals surface area contributed by atoms with E-state index in [2.05, 4.69) is 15.4 Å². The zero-order valence-corrected chi connectivity index (χ0v) is 19.1. The maximum Gasteiger partial charge on any atom is 0.253 e. The zero-order chi connectivity index (χ0) is 24.3. The number of benzene rings is 1. The van der Waals surface area contributed by atoms with E-state index in [1.165, 1.54) is 0 Å². The van der Waals surface area contributed by atoms with Crippen molar-refractivity contribution in [1.82, 2.24) is 25.1 Å². The van der Waals surface area contributed by atoms with E-state index in [1.54, 1.807) is 47.9 Å². The molecular weight excluding hydrogens is 454 g/mol. The summed E-state index contributed by atoms with van der Waals surface area (Å²) in [6.45, 7) is 0.389. The number of pyridine rings is 2. The minimum absolute atomic E-state index is 0.268. The highest BCUT2D eigenvalue weighted by atomic mass is 16.3. The number of fused-ring (bicyclic) bond motifs is 1. The standard InChI is InChI=1S/C28H21N5O3/c34-28(32-26(25-11-6-14-36-25)19-7-2-1-3-8-19)22-15-24(20-9-4-12-29-16-20)31-27-23(22)17-30-33(27)18-21-10-5-13-35-21/h1-17,26H,18H2,(H,32,34). The first-order chi connectivity index (χ1) is 17.8. The molecule has 1 atom stereocenters. The fraction of sp³-hybridized carbons (Fsp3) is 0.0714. The lowest BCUT2D eigenvalue weighted by molar-refractivity contribution is 0.0940. The summed E-state index contributed by atoms with van der Waals surface area (Å²) in [4.78, 5) is 22.9. The van der Waals surface area contributed by atoms with Crippen LogP contribution in [0.15, 0.2) is 113 Å². The molecule has 8 heteroatoms. The molecule has 0 aliphatic rings. The number of hydrogen-bond acceptors (Lipinski definition) is 6. The second kappa shape index (κ2) is 9.34. The van der Waals surface area contributed by atoms with Crippen LogP contribution in [0.4, 0.5) is 0 Å². The topological polar surface area (TPSA) is 99.0 Å². The molecule has 0 radical (unpaired) electrons. The van der Waals surface area contributed by atoms with E-state index in [9.17, 15) is 4.79 Å². The van der Waals surface area contributed by atoms with E-state index in [0.717, 1.165) is 16.9 Å². The van der Waals surface area contributed by atoms with Crippen LogP contribution in [0, 0.1) is 0 Å². The summed E-state index contributed by atoms with van der Waals surface area (Å²) in [5.41, 5.74) is 3.36. The van der Waals surface area contributed by atoms with Crippen molar-refractivity contribution in [1.29, 1.82) is 0 Å². The number of carbonyl (C=O) groups excluding carboxylic acids is 1.